The molecule has 0 amide bonds. The third-order valence-corrected chi connectivity index (χ3v) is 5.94. The molecule has 0 radical (unpaired) electrons. The number of sulfone groups is 1. The van der Waals surface area contributed by atoms with Crippen LogP contribution in [0.2, 0.25) is 0 Å². The van der Waals surface area contributed by atoms with Gasteiger partial charge in [0.15, 0.2) is 9.84 Å². The number of nitrogens with one attached hydrogen (secondary N) is 1. The standard InChI is InChI=1S/C13H27NO3S/c1-12(18(15,16)10-6-9-17-2)11-14-13-7-4-3-5-8-13/h12-14H,3-11H2,1-2H3. The SMILES string of the molecule is COCCCS(=O)(=O)C(C)CNC1CCCCC1. The average molecular weight is 277 g/mol. The van der Waals surface area contributed by atoms with Crippen molar-refractivity contribution in [3.63, 3.8) is 0 Å². The van der Waals surface area contributed by atoms with E-state index in [2.05, 4.69) is 5.32 Å². The van der Waals surface area contributed by atoms with E-state index < -0.39 is 9.84 Å². The molecule has 0 aromatic carbocycles. The zero-order valence-corrected chi connectivity index (χ0v) is 12.5. The van der Waals surface area contributed by atoms with E-state index in [9.17, 15) is 8.42 Å². The Labute approximate surface area is 111 Å². The molecule has 1 atom stereocenters. The van der Waals surface area contributed by atoms with Gasteiger partial charge in [-0.2, -0.15) is 0 Å². The highest BCUT2D eigenvalue weighted by atomic mass is 32.2. The third kappa shape index (κ3) is 5.67. The Balaban J connectivity index is 2.27. The smallest absolute Gasteiger partial charge is 0.154 e. The molecule has 1 N–H and O–H groups in total. The number of rotatable bonds is 8. The zero-order chi connectivity index (χ0) is 13.4. The van der Waals surface area contributed by atoms with E-state index in [0.717, 1.165) is 0 Å². The predicted molar refractivity (Wildman–Crippen MR) is 74.6 cm³/mol. The van der Waals surface area contributed by atoms with Gasteiger partial charge >= 0.3 is 0 Å². The number of hydrogen-bond acceptors (Lipinski definition) is 4. The Kier molecular flexibility index (Phi) is 7.19. The van der Waals surface area contributed by atoms with Crippen LogP contribution in [0.3, 0.4) is 0 Å². The fraction of sp³-hybridized carbons (Fsp3) is 1.00. The quantitative estimate of drug-likeness (QED) is 0.687. The molecule has 0 aromatic rings. The summed E-state index contributed by atoms with van der Waals surface area (Å²) >= 11 is 0. The number of ether oxygens (including phenoxy) is 1. The van der Waals surface area contributed by atoms with E-state index in [0.29, 0.717) is 25.6 Å². The second-order valence-corrected chi connectivity index (χ2v) is 7.81. The number of methoxy groups -OCH3 is 1. The predicted octanol–water partition coefficient (Wildman–Crippen LogP) is 1.75. The maximum atomic E-state index is 12.0. The van der Waals surface area contributed by atoms with Crippen molar-refractivity contribution in [1.82, 2.24) is 5.32 Å². The van der Waals surface area contributed by atoms with Gasteiger partial charge in [0.25, 0.3) is 0 Å². The minimum Gasteiger partial charge on any atom is -0.385 e. The van der Waals surface area contributed by atoms with Crippen LogP contribution in [0.1, 0.15) is 45.4 Å². The molecule has 0 heterocycles. The van der Waals surface area contributed by atoms with E-state index in [1.165, 1.54) is 32.1 Å². The van der Waals surface area contributed by atoms with Crippen molar-refractivity contribution in [2.24, 2.45) is 0 Å². The van der Waals surface area contributed by atoms with E-state index in [1.54, 1.807) is 14.0 Å². The minimum absolute atomic E-state index is 0.231. The Morgan fingerprint density at radius 1 is 1.28 bits per heavy atom. The van der Waals surface area contributed by atoms with Crippen LogP contribution in [0.5, 0.6) is 0 Å². The molecular formula is C13H27NO3S. The Morgan fingerprint density at radius 2 is 1.94 bits per heavy atom. The Bertz CT molecular complexity index is 310. The molecule has 1 rings (SSSR count). The molecule has 1 aliphatic rings. The monoisotopic (exact) mass is 277 g/mol. The first-order valence-electron chi connectivity index (χ1n) is 7.00. The third-order valence-electron chi connectivity index (χ3n) is 3.69. The van der Waals surface area contributed by atoms with E-state index in [1.807, 2.05) is 0 Å². The van der Waals surface area contributed by atoms with Gasteiger partial charge in [0.05, 0.1) is 11.0 Å². The molecule has 1 saturated carbocycles. The van der Waals surface area contributed by atoms with Crippen molar-refractivity contribution in [1.29, 1.82) is 0 Å². The fourth-order valence-electron chi connectivity index (χ4n) is 2.37. The molecule has 0 aliphatic heterocycles. The summed E-state index contributed by atoms with van der Waals surface area (Å²) in [5.41, 5.74) is 0. The highest BCUT2D eigenvalue weighted by Gasteiger charge is 2.22. The topological polar surface area (TPSA) is 55.4 Å². The summed E-state index contributed by atoms with van der Waals surface area (Å²) in [7, 11) is -1.38. The van der Waals surface area contributed by atoms with Crippen LogP contribution in [0.4, 0.5) is 0 Å². The van der Waals surface area contributed by atoms with Crippen molar-refractivity contribution >= 4 is 9.84 Å². The summed E-state index contributed by atoms with van der Waals surface area (Å²) in [6.45, 7) is 2.90. The van der Waals surface area contributed by atoms with Gasteiger partial charge in [-0.1, -0.05) is 19.3 Å². The summed E-state index contributed by atoms with van der Waals surface area (Å²) in [6, 6.07) is 0.523. The lowest BCUT2D eigenvalue weighted by Gasteiger charge is -2.24. The summed E-state index contributed by atoms with van der Waals surface area (Å²) in [6.07, 6.45) is 6.84. The van der Waals surface area contributed by atoms with Crippen LogP contribution in [-0.4, -0.2) is 45.7 Å². The van der Waals surface area contributed by atoms with E-state index in [-0.39, 0.29) is 11.0 Å². The van der Waals surface area contributed by atoms with Gasteiger partial charge < -0.3 is 10.1 Å². The zero-order valence-electron chi connectivity index (χ0n) is 11.7. The van der Waals surface area contributed by atoms with Gasteiger partial charge in [-0.15, -0.1) is 0 Å². The van der Waals surface area contributed by atoms with Crippen LogP contribution >= 0.6 is 0 Å². The van der Waals surface area contributed by atoms with Crippen LogP contribution < -0.4 is 5.32 Å². The molecule has 18 heavy (non-hydrogen) atoms. The maximum Gasteiger partial charge on any atom is 0.154 e. The summed E-state index contributed by atoms with van der Waals surface area (Å²) < 4.78 is 28.9. The summed E-state index contributed by atoms with van der Waals surface area (Å²) in [4.78, 5) is 0. The summed E-state index contributed by atoms with van der Waals surface area (Å²) in [5.74, 6) is 0.231. The first-order chi connectivity index (χ1) is 8.56. The van der Waals surface area contributed by atoms with Crippen LogP contribution in [-0.2, 0) is 14.6 Å². The lowest BCUT2D eigenvalue weighted by atomic mass is 9.95. The largest absolute Gasteiger partial charge is 0.385 e. The van der Waals surface area contributed by atoms with E-state index >= 15 is 0 Å². The van der Waals surface area contributed by atoms with Crippen LogP contribution in [0, 0.1) is 0 Å². The Hall–Kier alpha value is -0.130. The first-order valence-corrected chi connectivity index (χ1v) is 8.71. The van der Waals surface area contributed by atoms with Crippen LogP contribution in [0.25, 0.3) is 0 Å². The molecule has 0 aromatic heterocycles. The van der Waals surface area contributed by atoms with Gasteiger partial charge in [0.1, 0.15) is 0 Å². The van der Waals surface area contributed by atoms with Crippen LogP contribution in [0.15, 0.2) is 0 Å². The van der Waals surface area contributed by atoms with Gasteiger partial charge in [-0.25, -0.2) is 8.42 Å². The average Bonchev–Trinajstić information content (AvgIpc) is 2.37. The minimum atomic E-state index is -2.98. The second-order valence-electron chi connectivity index (χ2n) is 5.27. The molecule has 0 bridgehead atoms. The molecule has 1 unspecified atom stereocenters. The first kappa shape index (κ1) is 15.9. The van der Waals surface area contributed by atoms with Crippen molar-refractivity contribution < 1.29 is 13.2 Å². The number of hydrogen-bond donors (Lipinski definition) is 1. The molecule has 108 valence electrons. The lowest BCUT2D eigenvalue weighted by Crippen LogP contribution is -2.39. The molecule has 0 saturated heterocycles. The molecule has 1 aliphatic carbocycles. The highest BCUT2D eigenvalue weighted by molar-refractivity contribution is 7.92. The second kappa shape index (κ2) is 8.12. The molecule has 0 spiro atoms. The summed E-state index contributed by atoms with van der Waals surface area (Å²) in [5, 5.41) is 3.11. The van der Waals surface area contributed by atoms with Gasteiger partial charge in [-0.05, 0) is 26.2 Å². The fourth-order valence-corrected chi connectivity index (χ4v) is 3.64. The van der Waals surface area contributed by atoms with Crippen molar-refractivity contribution in [2.75, 3.05) is 26.0 Å². The molecule has 5 heteroatoms. The normalized spacial score (nSPS) is 19.9. The molecular weight excluding hydrogens is 250 g/mol. The van der Waals surface area contributed by atoms with Crippen molar-refractivity contribution in [3.8, 4) is 0 Å². The van der Waals surface area contributed by atoms with Gasteiger partial charge in [-0.3, -0.25) is 0 Å². The lowest BCUT2D eigenvalue weighted by molar-refractivity contribution is 0.199. The Morgan fingerprint density at radius 3 is 2.56 bits per heavy atom. The van der Waals surface area contributed by atoms with E-state index in [4.69, 9.17) is 4.74 Å². The highest BCUT2D eigenvalue weighted by Crippen LogP contribution is 2.17. The maximum absolute atomic E-state index is 12.0. The molecule has 1 fully saturated rings. The van der Waals surface area contributed by atoms with Gasteiger partial charge in [0.2, 0.25) is 0 Å². The molecule has 4 nitrogen and oxygen atoms in total. The van der Waals surface area contributed by atoms with Gasteiger partial charge in [0, 0.05) is 26.3 Å². The van der Waals surface area contributed by atoms with Crippen molar-refractivity contribution in [2.45, 2.75) is 56.7 Å². The van der Waals surface area contributed by atoms with Crippen molar-refractivity contribution in [3.05, 3.63) is 0 Å².